The maximum absolute atomic E-state index is 13.7. The van der Waals surface area contributed by atoms with E-state index >= 15 is 0 Å². The number of rotatable bonds is 5. The predicted molar refractivity (Wildman–Crippen MR) is 66.4 cm³/mol. The van der Waals surface area contributed by atoms with E-state index in [0.717, 1.165) is 18.6 Å². The first-order chi connectivity index (χ1) is 9.03. The number of ether oxygens (including phenoxy) is 1. The van der Waals surface area contributed by atoms with Gasteiger partial charge in [0, 0.05) is 13.2 Å². The van der Waals surface area contributed by atoms with Gasteiger partial charge in [-0.3, -0.25) is 0 Å². The van der Waals surface area contributed by atoms with Crippen molar-refractivity contribution in [1.82, 2.24) is 4.72 Å². The lowest BCUT2D eigenvalue weighted by atomic mass is 10.1. The van der Waals surface area contributed by atoms with Crippen molar-refractivity contribution in [2.24, 2.45) is 5.92 Å². The van der Waals surface area contributed by atoms with E-state index in [-0.39, 0.29) is 19.1 Å². The summed E-state index contributed by atoms with van der Waals surface area (Å²) in [7, 11) is -3.87. The van der Waals surface area contributed by atoms with Gasteiger partial charge in [0.05, 0.1) is 13.2 Å². The number of hydrogen-bond acceptors (Lipinski definition) is 4. The second-order valence-corrected chi connectivity index (χ2v) is 6.24. The molecular weight excluding hydrogens is 273 g/mol. The average Bonchev–Trinajstić information content (AvgIpc) is 2.89. The molecule has 1 aromatic rings. The molecule has 1 heterocycles. The van der Waals surface area contributed by atoms with Gasteiger partial charge in [0.2, 0.25) is 10.0 Å². The summed E-state index contributed by atoms with van der Waals surface area (Å²) in [5.74, 6) is -0.726. The summed E-state index contributed by atoms with van der Waals surface area (Å²) >= 11 is 0. The first-order valence-electron chi connectivity index (χ1n) is 5.99. The number of hydrogen-bond donors (Lipinski definition) is 2. The van der Waals surface area contributed by atoms with Crippen LogP contribution in [0.25, 0.3) is 0 Å². The Morgan fingerprint density at radius 2 is 2.26 bits per heavy atom. The molecule has 2 N–H and O–H groups in total. The molecule has 1 unspecified atom stereocenters. The molecule has 1 aliphatic heterocycles. The molecular formula is C12H16FNO4S. The van der Waals surface area contributed by atoms with E-state index in [1.165, 1.54) is 6.07 Å². The molecule has 0 saturated carbocycles. The Bertz CT molecular complexity index is 541. The van der Waals surface area contributed by atoms with Crippen molar-refractivity contribution in [3.05, 3.63) is 29.6 Å². The fourth-order valence-corrected chi connectivity index (χ4v) is 3.08. The third-order valence-electron chi connectivity index (χ3n) is 3.05. The van der Waals surface area contributed by atoms with Gasteiger partial charge in [-0.15, -0.1) is 0 Å². The lowest BCUT2D eigenvalue weighted by Crippen LogP contribution is -2.30. The number of nitrogens with one attached hydrogen (secondary N) is 1. The molecule has 106 valence electrons. The summed E-state index contributed by atoms with van der Waals surface area (Å²) in [4.78, 5) is -0.399. The lowest BCUT2D eigenvalue weighted by Gasteiger charge is -2.11. The van der Waals surface area contributed by atoms with Crippen LogP contribution in [0.4, 0.5) is 4.39 Å². The number of aliphatic hydroxyl groups excluding tert-OH is 1. The van der Waals surface area contributed by atoms with Crippen LogP contribution in [0, 0.1) is 11.7 Å². The van der Waals surface area contributed by atoms with Crippen molar-refractivity contribution in [1.29, 1.82) is 0 Å². The summed E-state index contributed by atoms with van der Waals surface area (Å²) in [5.41, 5.74) is 0.334. The zero-order valence-electron chi connectivity index (χ0n) is 10.3. The molecule has 1 aliphatic rings. The van der Waals surface area contributed by atoms with Crippen molar-refractivity contribution in [2.75, 3.05) is 19.8 Å². The normalized spacial score (nSPS) is 19.8. The number of aliphatic hydroxyl groups is 1. The van der Waals surface area contributed by atoms with E-state index < -0.39 is 20.7 Å². The van der Waals surface area contributed by atoms with E-state index in [1.807, 2.05) is 0 Å². The summed E-state index contributed by atoms with van der Waals surface area (Å²) < 4.78 is 45.1. The van der Waals surface area contributed by atoms with Gasteiger partial charge in [-0.05, 0) is 30.0 Å². The quantitative estimate of drug-likeness (QED) is 0.834. The van der Waals surface area contributed by atoms with Crippen LogP contribution in [0.2, 0.25) is 0 Å². The van der Waals surface area contributed by atoms with E-state index in [4.69, 9.17) is 9.84 Å². The van der Waals surface area contributed by atoms with Crippen molar-refractivity contribution in [3.63, 3.8) is 0 Å². The lowest BCUT2D eigenvalue weighted by molar-refractivity contribution is 0.186. The van der Waals surface area contributed by atoms with E-state index in [0.29, 0.717) is 18.8 Å². The molecule has 1 aromatic carbocycles. The standard InChI is InChI=1S/C12H16FNO4S/c13-11-5-9(7-15)1-2-12(11)19(16,17)14-6-10-3-4-18-8-10/h1-2,5,10,14-15H,3-4,6-8H2. The predicted octanol–water partition coefficient (Wildman–Crippen LogP) is 0.633. The van der Waals surface area contributed by atoms with E-state index in [9.17, 15) is 12.8 Å². The maximum atomic E-state index is 13.7. The van der Waals surface area contributed by atoms with Crippen molar-refractivity contribution in [3.8, 4) is 0 Å². The third-order valence-corrected chi connectivity index (χ3v) is 4.51. The second kappa shape index (κ2) is 5.96. The molecule has 2 rings (SSSR count). The van der Waals surface area contributed by atoms with Gasteiger partial charge in [0.25, 0.3) is 0 Å². The maximum Gasteiger partial charge on any atom is 0.243 e. The number of sulfonamides is 1. The Hall–Kier alpha value is -1.02. The highest BCUT2D eigenvalue weighted by Gasteiger charge is 2.22. The minimum atomic E-state index is -3.87. The Balaban J connectivity index is 2.10. The Kier molecular flexibility index (Phi) is 4.51. The van der Waals surface area contributed by atoms with Gasteiger partial charge in [-0.25, -0.2) is 17.5 Å². The monoisotopic (exact) mass is 289 g/mol. The first-order valence-corrected chi connectivity index (χ1v) is 7.48. The topological polar surface area (TPSA) is 75.6 Å². The second-order valence-electron chi connectivity index (χ2n) is 4.50. The molecule has 0 bridgehead atoms. The van der Waals surface area contributed by atoms with Crippen molar-refractivity contribution >= 4 is 10.0 Å². The van der Waals surface area contributed by atoms with Crippen LogP contribution in [-0.2, 0) is 21.4 Å². The third kappa shape index (κ3) is 3.50. The number of halogens is 1. The van der Waals surface area contributed by atoms with Crippen LogP contribution in [-0.4, -0.2) is 33.3 Å². The molecule has 1 saturated heterocycles. The largest absolute Gasteiger partial charge is 0.392 e. The number of benzene rings is 1. The molecule has 0 amide bonds. The molecule has 0 aromatic heterocycles. The Morgan fingerprint density at radius 1 is 1.47 bits per heavy atom. The highest BCUT2D eigenvalue weighted by Crippen LogP contribution is 2.17. The molecule has 7 heteroatoms. The van der Waals surface area contributed by atoms with Crippen LogP contribution in [0.15, 0.2) is 23.1 Å². The van der Waals surface area contributed by atoms with E-state index in [2.05, 4.69) is 4.72 Å². The Morgan fingerprint density at radius 3 is 2.84 bits per heavy atom. The zero-order valence-corrected chi connectivity index (χ0v) is 11.1. The van der Waals surface area contributed by atoms with Gasteiger partial charge < -0.3 is 9.84 Å². The molecule has 1 fully saturated rings. The first kappa shape index (κ1) is 14.4. The SMILES string of the molecule is O=S(=O)(NCC1CCOC1)c1ccc(CO)cc1F. The van der Waals surface area contributed by atoms with Crippen LogP contribution in [0.5, 0.6) is 0 Å². The minimum Gasteiger partial charge on any atom is -0.392 e. The molecule has 5 nitrogen and oxygen atoms in total. The minimum absolute atomic E-state index is 0.134. The highest BCUT2D eigenvalue weighted by molar-refractivity contribution is 7.89. The summed E-state index contributed by atoms with van der Waals surface area (Å²) in [5, 5.41) is 8.86. The van der Waals surface area contributed by atoms with Crippen LogP contribution < -0.4 is 4.72 Å². The Labute approximate surface area is 111 Å². The van der Waals surface area contributed by atoms with Crippen molar-refractivity contribution < 1.29 is 22.7 Å². The van der Waals surface area contributed by atoms with Crippen LogP contribution >= 0.6 is 0 Å². The highest BCUT2D eigenvalue weighted by atomic mass is 32.2. The van der Waals surface area contributed by atoms with Crippen LogP contribution in [0.1, 0.15) is 12.0 Å². The molecule has 0 spiro atoms. The van der Waals surface area contributed by atoms with Gasteiger partial charge in [0.1, 0.15) is 10.7 Å². The van der Waals surface area contributed by atoms with E-state index in [1.54, 1.807) is 0 Å². The van der Waals surface area contributed by atoms with Gasteiger partial charge in [-0.2, -0.15) is 0 Å². The van der Waals surface area contributed by atoms with Gasteiger partial charge >= 0.3 is 0 Å². The fourth-order valence-electron chi connectivity index (χ4n) is 1.91. The summed E-state index contributed by atoms with van der Waals surface area (Å²) in [6, 6.07) is 3.57. The van der Waals surface area contributed by atoms with Gasteiger partial charge in [-0.1, -0.05) is 6.07 Å². The fraction of sp³-hybridized carbons (Fsp3) is 0.500. The molecule has 0 aliphatic carbocycles. The summed E-state index contributed by atoms with van der Waals surface area (Å²) in [6.07, 6.45) is 0.800. The van der Waals surface area contributed by atoms with Crippen LogP contribution in [0.3, 0.4) is 0 Å². The summed E-state index contributed by atoms with van der Waals surface area (Å²) in [6.45, 7) is 1.06. The smallest absolute Gasteiger partial charge is 0.243 e. The van der Waals surface area contributed by atoms with Crippen molar-refractivity contribution in [2.45, 2.75) is 17.9 Å². The zero-order chi connectivity index (χ0) is 13.9. The van der Waals surface area contributed by atoms with Gasteiger partial charge in [0.15, 0.2) is 0 Å². The average molecular weight is 289 g/mol. The molecule has 19 heavy (non-hydrogen) atoms. The molecule has 1 atom stereocenters. The molecule has 0 radical (unpaired) electrons.